The summed E-state index contributed by atoms with van der Waals surface area (Å²) in [5.41, 5.74) is 5.62. The van der Waals surface area contributed by atoms with Gasteiger partial charge in [-0.25, -0.2) is 9.97 Å². The molecule has 2 aromatic heterocycles. The third kappa shape index (κ3) is 5.76. The van der Waals surface area contributed by atoms with Crippen molar-refractivity contribution >= 4 is 47.7 Å². The molecule has 0 bridgehead atoms. The van der Waals surface area contributed by atoms with E-state index in [1.54, 1.807) is 7.11 Å². The van der Waals surface area contributed by atoms with Gasteiger partial charge in [0.15, 0.2) is 0 Å². The van der Waals surface area contributed by atoms with Crippen molar-refractivity contribution in [2.75, 3.05) is 7.11 Å². The predicted octanol–water partition coefficient (Wildman–Crippen LogP) is 8.75. The molecule has 0 unspecified atom stereocenters. The van der Waals surface area contributed by atoms with Crippen LogP contribution in [-0.4, -0.2) is 32.2 Å². The van der Waals surface area contributed by atoms with E-state index in [9.17, 15) is 0 Å². The van der Waals surface area contributed by atoms with E-state index in [1.807, 2.05) is 98.8 Å². The van der Waals surface area contributed by atoms with Gasteiger partial charge < -0.3 is 16.1 Å². The van der Waals surface area contributed by atoms with Gasteiger partial charge in [-0.2, -0.15) is 0 Å². The van der Waals surface area contributed by atoms with E-state index in [0.717, 1.165) is 60.8 Å². The van der Waals surface area contributed by atoms with Crippen LogP contribution in [0.15, 0.2) is 121 Å². The second-order valence-corrected chi connectivity index (χ2v) is 11.9. The van der Waals surface area contributed by atoms with Crippen LogP contribution in [0.25, 0.3) is 43.7 Å². The second kappa shape index (κ2) is 11.9. The normalized spacial score (nSPS) is 11.1. The van der Waals surface area contributed by atoms with Gasteiger partial charge in [0, 0.05) is 22.2 Å². The Bertz CT molecular complexity index is 2040. The summed E-state index contributed by atoms with van der Waals surface area (Å²) in [6.45, 7) is 3.94. The van der Waals surface area contributed by atoms with Crippen LogP contribution in [0.5, 0.6) is 23.0 Å². The van der Waals surface area contributed by atoms with Crippen LogP contribution in [0, 0.1) is 13.8 Å². The van der Waals surface area contributed by atoms with Crippen molar-refractivity contribution in [1.82, 2.24) is 9.97 Å². The number of pyridine rings is 2. The van der Waals surface area contributed by atoms with Crippen molar-refractivity contribution in [3.63, 3.8) is 0 Å². The first-order valence-corrected chi connectivity index (χ1v) is 15.8. The summed E-state index contributed by atoms with van der Waals surface area (Å²) in [6, 6.07) is 40.4. The highest BCUT2D eigenvalue weighted by Crippen LogP contribution is 2.31. The lowest BCUT2D eigenvalue weighted by molar-refractivity contribution is 0.310. The average Bonchev–Trinajstić information content (AvgIpc) is 3.05. The Morgan fingerprint density at radius 3 is 1.61 bits per heavy atom. The molecule has 7 aromatic rings. The molecule has 2 heterocycles. The highest BCUT2D eigenvalue weighted by atomic mass is 27.3. The summed E-state index contributed by atoms with van der Waals surface area (Å²) in [5.74, 6) is 2.75. The first-order chi connectivity index (χ1) is 21.5. The quantitative estimate of drug-likeness (QED) is 0.165. The molecule has 0 aliphatic carbocycles. The molecule has 214 valence electrons. The molecule has 44 heavy (non-hydrogen) atoms. The van der Waals surface area contributed by atoms with E-state index in [2.05, 4.69) is 36.4 Å². The maximum atomic E-state index is 6.57. The van der Waals surface area contributed by atoms with Crippen LogP contribution < -0.4 is 16.1 Å². The molecule has 0 fully saturated rings. The van der Waals surface area contributed by atoms with Crippen molar-refractivity contribution in [3.8, 4) is 34.1 Å². The Balaban J connectivity index is 1.23. The van der Waals surface area contributed by atoms with E-state index in [4.69, 9.17) is 26.1 Å². The molecule has 0 radical (unpaired) electrons. The minimum atomic E-state index is -2.90. The van der Waals surface area contributed by atoms with Gasteiger partial charge >= 0.3 is 15.1 Å². The standard InChI is InChI=1S/C17H14O2.2C10H9NO.Al/c1-19-17-8-5-12(6-9-17)13-2-3-15-11-16(18)7-4-14(15)10-13;2*1-7-5-6-8-3-2-4-9(12)10(8)11-7;/h2-11,18H,1H3;2*2-6,12H,1H3;/q;;;+3/p-3. The van der Waals surface area contributed by atoms with Crippen LogP contribution in [0.1, 0.15) is 11.4 Å². The first-order valence-electron chi connectivity index (χ1n) is 14.4. The second-order valence-electron chi connectivity index (χ2n) is 10.7. The van der Waals surface area contributed by atoms with Gasteiger partial charge in [0.1, 0.15) is 28.3 Å². The molecule has 7 rings (SSSR count). The number of aromatic nitrogens is 2. The zero-order valence-electron chi connectivity index (χ0n) is 24.7. The molecule has 7 heteroatoms. The molecule has 0 aliphatic heterocycles. The van der Waals surface area contributed by atoms with Crippen molar-refractivity contribution in [2.45, 2.75) is 13.8 Å². The fourth-order valence-electron chi connectivity index (χ4n) is 5.28. The Hall–Kier alpha value is -5.09. The molecule has 0 aliphatic rings. The Morgan fingerprint density at radius 1 is 0.477 bits per heavy atom. The number of rotatable bonds is 8. The molecule has 0 atom stereocenters. The van der Waals surface area contributed by atoms with E-state index < -0.39 is 15.1 Å². The number of methoxy groups -OCH3 is 1. The topological polar surface area (TPSA) is 62.7 Å². The third-order valence-corrected chi connectivity index (χ3v) is 8.92. The Labute approximate surface area is 260 Å². The number of fused-ring (bicyclic) bond motifs is 3. The number of aryl methyl sites for hydroxylation is 2. The SMILES string of the molecule is COc1ccc(-c2ccc3cc([O][Al]([O]c4cccc5ccc(C)nc45)[O]c4cccc5ccc(C)nc45)ccc3c2)cc1. The number of para-hydroxylation sites is 2. The largest absolute Gasteiger partial charge is 1.20 e. The molecule has 6 nitrogen and oxygen atoms in total. The number of benzene rings is 5. The molecular formula is C37H29AlN2O4. The van der Waals surface area contributed by atoms with Gasteiger partial charge in [-0.05, 0) is 90.3 Å². The van der Waals surface area contributed by atoms with Crippen molar-refractivity contribution < 1.29 is 16.1 Å². The van der Waals surface area contributed by atoms with Crippen LogP contribution in [0.2, 0.25) is 0 Å². The van der Waals surface area contributed by atoms with Crippen molar-refractivity contribution in [3.05, 3.63) is 133 Å². The highest BCUT2D eigenvalue weighted by molar-refractivity contribution is 6.40. The smallest absolute Gasteiger partial charge is 0.577 e. The molecule has 0 amide bonds. The summed E-state index contributed by atoms with van der Waals surface area (Å²) in [4.78, 5) is 9.51. The molecular weight excluding hydrogens is 563 g/mol. The molecule has 0 saturated carbocycles. The van der Waals surface area contributed by atoms with Crippen LogP contribution >= 0.6 is 0 Å². The fourth-order valence-corrected chi connectivity index (χ4v) is 6.58. The van der Waals surface area contributed by atoms with E-state index in [-0.39, 0.29) is 0 Å². The summed E-state index contributed by atoms with van der Waals surface area (Å²) >= 11 is -2.90. The lowest BCUT2D eigenvalue weighted by atomic mass is 10.0. The number of nitrogens with zero attached hydrogens (tertiary/aromatic N) is 2. The van der Waals surface area contributed by atoms with Gasteiger partial charge in [-0.15, -0.1) is 0 Å². The predicted molar refractivity (Wildman–Crippen MR) is 177 cm³/mol. The van der Waals surface area contributed by atoms with Gasteiger partial charge in [-0.3, -0.25) is 0 Å². The number of hydrogen-bond acceptors (Lipinski definition) is 6. The van der Waals surface area contributed by atoms with E-state index in [1.165, 1.54) is 0 Å². The number of hydrogen-bond donors (Lipinski definition) is 0. The molecule has 0 N–H and O–H groups in total. The molecule has 0 spiro atoms. The van der Waals surface area contributed by atoms with E-state index in [0.29, 0.717) is 17.2 Å². The van der Waals surface area contributed by atoms with Gasteiger partial charge in [0.05, 0.1) is 12.9 Å². The monoisotopic (exact) mass is 592 g/mol. The fraction of sp³-hybridized carbons (Fsp3) is 0.0811. The lowest BCUT2D eigenvalue weighted by Crippen LogP contribution is -2.37. The maximum absolute atomic E-state index is 6.57. The van der Waals surface area contributed by atoms with Crippen LogP contribution in [-0.2, 0) is 0 Å². The first kappa shape index (κ1) is 27.7. The summed E-state index contributed by atoms with van der Waals surface area (Å²) < 4.78 is 25.0. The maximum Gasteiger partial charge on any atom is 1.20 e. The zero-order chi connectivity index (χ0) is 30.0. The molecule has 5 aromatic carbocycles. The molecule has 0 saturated heterocycles. The minimum Gasteiger partial charge on any atom is -0.577 e. The number of ether oxygens (including phenoxy) is 1. The zero-order valence-corrected chi connectivity index (χ0v) is 25.8. The van der Waals surface area contributed by atoms with Gasteiger partial charge in [0.2, 0.25) is 0 Å². The van der Waals surface area contributed by atoms with Crippen LogP contribution in [0.4, 0.5) is 0 Å². The summed E-state index contributed by atoms with van der Waals surface area (Å²) in [5, 5.41) is 4.13. The minimum absolute atomic E-state index is 0.622. The third-order valence-electron chi connectivity index (χ3n) is 7.56. The average molecular weight is 593 g/mol. The summed E-state index contributed by atoms with van der Waals surface area (Å²) in [6.07, 6.45) is 0. The van der Waals surface area contributed by atoms with Crippen molar-refractivity contribution in [2.24, 2.45) is 0 Å². The van der Waals surface area contributed by atoms with Gasteiger partial charge in [-0.1, -0.05) is 66.7 Å². The van der Waals surface area contributed by atoms with Crippen molar-refractivity contribution in [1.29, 1.82) is 0 Å². The van der Waals surface area contributed by atoms with E-state index >= 15 is 0 Å². The summed E-state index contributed by atoms with van der Waals surface area (Å²) in [7, 11) is 1.67. The highest BCUT2D eigenvalue weighted by Gasteiger charge is 2.45. The van der Waals surface area contributed by atoms with Crippen LogP contribution in [0.3, 0.4) is 0 Å². The van der Waals surface area contributed by atoms with Gasteiger partial charge in [0.25, 0.3) is 0 Å². The Morgan fingerprint density at radius 2 is 1.00 bits per heavy atom. The Kier molecular flexibility index (Phi) is 7.49. The lowest BCUT2D eigenvalue weighted by Gasteiger charge is -2.18.